The standard InChI is InChI=1S/C18H25N3O4S2/c1-3-10-27(23,24)21-8-6-14(7-9-21)19-17(22)11-15-12-26-18(20-15)16-5-4-13(2)25-16/h4-5,12,14H,3,6-11H2,1-2H3,(H,19,22). The predicted molar refractivity (Wildman–Crippen MR) is 105 cm³/mol. The van der Waals surface area contributed by atoms with Gasteiger partial charge in [0.05, 0.1) is 17.9 Å². The predicted octanol–water partition coefficient (Wildman–Crippen LogP) is 2.57. The number of carbonyl (C=O) groups excluding carboxylic acids is 1. The van der Waals surface area contributed by atoms with Gasteiger partial charge in [0, 0.05) is 24.5 Å². The number of hydrogen-bond donors (Lipinski definition) is 1. The van der Waals surface area contributed by atoms with Crippen molar-refractivity contribution in [3.8, 4) is 10.8 Å². The molecule has 0 unspecified atom stereocenters. The van der Waals surface area contributed by atoms with E-state index in [1.54, 1.807) is 0 Å². The first-order valence-corrected chi connectivity index (χ1v) is 11.6. The van der Waals surface area contributed by atoms with Crippen molar-refractivity contribution in [2.75, 3.05) is 18.8 Å². The van der Waals surface area contributed by atoms with E-state index in [0.717, 1.165) is 10.8 Å². The summed E-state index contributed by atoms with van der Waals surface area (Å²) >= 11 is 1.45. The molecule has 0 spiro atoms. The molecule has 1 aliphatic rings. The van der Waals surface area contributed by atoms with Crippen molar-refractivity contribution >= 4 is 27.3 Å². The van der Waals surface area contributed by atoms with Crippen LogP contribution in [0.3, 0.4) is 0 Å². The zero-order chi connectivity index (χ0) is 19.4. The van der Waals surface area contributed by atoms with Crippen LogP contribution >= 0.6 is 11.3 Å². The maximum Gasteiger partial charge on any atom is 0.226 e. The third kappa shape index (κ3) is 5.18. The van der Waals surface area contributed by atoms with E-state index in [1.165, 1.54) is 15.6 Å². The molecule has 0 radical (unpaired) electrons. The lowest BCUT2D eigenvalue weighted by molar-refractivity contribution is -0.121. The fourth-order valence-corrected chi connectivity index (χ4v) is 5.48. The largest absolute Gasteiger partial charge is 0.459 e. The van der Waals surface area contributed by atoms with Crippen LogP contribution in [-0.2, 0) is 21.2 Å². The molecule has 1 aliphatic heterocycles. The lowest BCUT2D eigenvalue weighted by atomic mass is 10.1. The van der Waals surface area contributed by atoms with Crippen LogP contribution < -0.4 is 5.32 Å². The van der Waals surface area contributed by atoms with Crippen molar-refractivity contribution in [1.82, 2.24) is 14.6 Å². The van der Waals surface area contributed by atoms with Crippen molar-refractivity contribution in [2.24, 2.45) is 0 Å². The zero-order valence-corrected chi connectivity index (χ0v) is 17.2. The molecule has 0 bridgehead atoms. The Balaban J connectivity index is 1.49. The molecule has 3 rings (SSSR count). The molecule has 148 valence electrons. The Labute approximate surface area is 163 Å². The summed E-state index contributed by atoms with van der Waals surface area (Å²) in [4.78, 5) is 16.8. The zero-order valence-electron chi connectivity index (χ0n) is 15.6. The van der Waals surface area contributed by atoms with Crippen LogP contribution in [0.25, 0.3) is 10.8 Å². The molecule has 0 aromatic carbocycles. The second-order valence-electron chi connectivity index (χ2n) is 6.79. The lowest BCUT2D eigenvalue weighted by Crippen LogP contribution is -2.47. The minimum absolute atomic E-state index is 0.0106. The summed E-state index contributed by atoms with van der Waals surface area (Å²) < 4.78 is 31.3. The molecule has 3 heterocycles. The van der Waals surface area contributed by atoms with E-state index < -0.39 is 10.0 Å². The number of carbonyl (C=O) groups is 1. The van der Waals surface area contributed by atoms with Gasteiger partial charge in [0.25, 0.3) is 0 Å². The quantitative estimate of drug-likeness (QED) is 0.756. The van der Waals surface area contributed by atoms with Gasteiger partial charge in [-0.05, 0) is 38.3 Å². The van der Waals surface area contributed by atoms with Gasteiger partial charge >= 0.3 is 0 Å². The topological polar surface area (TPSA) is 92.5 Å². The van der Waals surface area contributed by atoms with Gasteiger partial charge in [-0.3, -0.25) is 4.79 Å². The minimum atomic E-state index is -3.15. The number of piperidine rings is 1. The fourth-order valence-electron chi connectivity index (χ4n) is 3.16. The molecule has 0 saturated carbocycles. The molecule has 27 heavy (non-hydrogen) atoms. The summed E-state index contributed by atoms with van der Waals surface area (Å²) in [7, 11) is -3.15. The molecular weight excluding hydrogens is 386 g/mol. The van der Waals surface area contributed by atoms with Gasteiger partial charge in [0.15, 0.2) is 10.8 Å². The Hall–Kier alpha value is -1.71. The van der Waals surface area contributed by atoms with Gasteiger partial charge in [-0.15, -0.1) is 11.3 Å². The van der Waals surface area contributed by atoms with E-state index in [4.69, 9.17) is 4.42 Å². The maximum absolute atomic E-state index is 12.3. The maximum atomic E-state index is 12.3. The highest BCUT2D eigenvalue weighted by atomic mass is 32.2. The van der Waals surface area contributed by atoms with Gasteiger partial charge in [-0.25, -0.2) is 17.7 Å². The molecule has 0 aliphatic carbocycles. The Morgan fingerprint density at radius 1 is 1.37 bits per heavy atom. The SMILES string of the molecule is CCCS(=O)(=O)N1CCC(NC(=O)Cc2csc(-c3ccc(C)o3)n2)CC1. The first-order chi connectivity index (χ1) is 12.9. The lowest BCUT2D eigenvalue weighted by Gasteiger charge is -2.31. The molecule has 1 saturated heterocycles. The van der Waals surface area contributed by atoms with Crippen LogP contribution in [-0.4, -0.2) is 48.5 Å². The average molecular weight is 412 g/mol. The van der Waals surface area contributed by atoms with Crippen molar-refractivity contribution < 1.29 is 17.6 Å². The molecule has 0 atom stereocenters. The summed E-state index contributed by atoms with van der Waals surface area (Å²) in [5, 5.41) is 5.64. The molecule has 2 aromatic heterocycles. The third-order valence-corrected chi connectivity index (χ3v) is 7.50. The van der Waals surface area contributed by atoms with Gasteiger partial charge in [-0.2, -0.15) is 0 Å². The normalized spacial score (nSPS) is 16.5. The number of amides is 1. The highest BCUT2D eigenvalue weighted by Crippen LogP contribution is 2.25. The number of rotatable bonds is 7. The van der Waals surface area contributed by atoms with Gasteiger partial charge in [0.1, 0.15) is 5.76 Å². The fraction of sp³-hybridized carbons (Fsp3) is 0.556. The van der Waals surface area contributed by atoms with Crippen molar-refractivity contribution in [3.05, 3.63) is 29.0 Å². The van der Waals surface area contributed by atoms with Gasteiger partial charge < -0.3 is 9.73 Å². The third-order valence-electron chi connectivity index (χ3n) is 4.52. The Morgan fingerprint density at radius 3 is 2.74 bits per heavy atom. The number of aryl methyl sites for hydroxylation is 1. The molecule has 7 nitrogen and oxygen atoms in total. The number of thiazole rings is 1. The van der Waals surface area contributed by atoms with Crippen LogP contribution in [0.5, 0.6) is 0 Å². The van der Waals surface area contributed by atoms with Gasteiger partial charge in [0.2, 0.25) is 15.9 Å². The number of furan rings is 1. The number of sulfonamides is 1. The van der Waals surface area contributed by atoms with E-state index in [0.29, 0.717) is 43.8 Å². The molecular formula is C18H25N3O4S2. The van der Waals surface area contributed by atoms with E-state index in [9.17, 15) is 13.2 Å². The van der Waals surface area contributed by atoms with E-state index in [1.807, 2.05) is 31.4 Å². The van der Waals surface area contributed by atoms with Crippen molar-refractivity contribution in [3.63, 3.8) is 0 Å². The van der Waals surface area contributed by atoms with Crippen molar-refractivity contribution in [2.45, 2.75) is 45.6 Å². The number of hydrogen-bond acceptors (Lipinski definition) is 6. The highest BCUT2D eigenvalue weighted by molar-refractivity contribution is 7.89. The van der Waals surface area contributed by atoms with Crippen molar-refractivity contribution in [1.29, 1.82) is 0 Å². The molecule has 2 aromatic rings. The number of nitrogens with zero attached hydrogens (tertiary/aromatic N) is 2. The number of nitrogens with one attached hydrogen (secondary N) is 1. The highest BCUT2D eigenvalue weighted by Gasteiger charge is 2.28. The van der Waals surface area contributed by atoms with Crippen LogP contribution in [0, 0.1) is 6.92 Å². The number of aromatic nitrogens is 1. The molecule has 1 amide bonds. The monoisotopic (exact) mass is 411 g/mol. The minimum Gasteiger partial charge on any atom is -0.459 e. The first kappa shape index (κ1) is 20.0. The smallest absolute Gasteiger partial charge is 0.226 e. The second-order valence-corrected chi connectivity index (χ2v) is 9.73. The van der Waals surface area contributed by atoms with E-state index >= 15 is 0 Å². The van der Waals surface area contributed by atoms with Crippen LogP contribution in [0.15, 0.2) is 21.9 Å². The van der Waals surface area contributed by atoms with E-state index in [2.05, 4.69) is 10.3 Å². The Kier molecular flexibility index (Phi) is 6.33. The summed E-state index contributed by atoms with van der Waals surface area (Å²) in [6.07, 6.45) is 2.11. The summed E-state index contributed by atoms with van der Waals surface area (Å²) in [6.45, 7) is 4.67. The average Bonchev–Trinajstić information content (AvgIpc) is 3.24. The Bertz CT molecular complexity index is 880. The van der Waals surface area contributed by atoms with Crippen LogP contribution in [0.1, 0.15) is 37.6 Å². The molecule has 1 N–H and O–H groups in total. The second kappa shape index (κ2) is 8.53. The van der Waals surface area contributed by atoms with Crippen LogP contribution in [0.4, 0.5) is 0 Å². The first-order valence-electron chi connectivity index (χ1n) is 9.16. The van der Waals surface area contributed by atoms with Gasteiger partial charge in [-0.1, -0.05) is 6.92 Å². The summed E-state index contributed by atoms with van der Waals surface area (Å²) in [6, 6.07) is 3.77. The summed E-state index contributed by atoms with van der Waals surface area (Å²) in [5.74, 6) is 1.64. The van der Waals surface area contributed by atoms with Crippen LogP contribution in [0.2, 0.25) is 0 Å². The molecule has 1 fully saturated rings. The Morgan fingerprint density at radius 2 is 2.11 bits per heavy atom. The van der Waals surface area contributed by atoms with E-state index in [-0.39, 0.29) is 24.1 Å². The summed E-state index contributed by atoms with van der Waals surface area (Å²) in [5.41, 5.74) is 0.713. The molecule has 9 heteroatoms.